The van der Waals surface area contributed by atoms with Crippen LogP contribution >= 0.6 is 15.9 Å². The maximum Gasteiger partial charge on any atom is 0.0762 e. The van der Waals surface area contributed by atoms with Crippen LogP contribution in [0.3, 0.4) is 0 Å². The number of hydrogen-bond donors (Lipinski definition) is 1. The van der Waals surface area contributed by atoms with Crippen molar-refractivity contribution in [2.45, 2.75) is 59.1 Å². The van der Waals surface area contributed by atoms with Crippen molar-refractivity contribution < 1.29 is 5.11 Å². The lowest BCUT2D eigenvalue weighted by Crippen LogP contribution is -2.32. The van der Waals surface area contributed by atoms with E-state index < -0.39 is 6.10 Å². The third-order valence-corrected chi connectivity index (χ3v) is 4.02. The molecule has 0 heterocycles. The molecule has 0 aliphatic heterocycles. The lowest BCUT2D eigenvalue weighted by molar-refractivity contribution is 0.199. The smallest absolute Gasteiger partial charge is 0.0762 e. The lowest BCUT2D eigenvalue weighted by atomic mass is 10.1. The van der Waals surface area contributed by atoms with E-state index in [1.165, 1.54) is 24.9 Å². The zero-order valence-corrected chi connectivity index (χ0v) is 14.1. The van der Waals surface area contributed by atoms with E-state index in [4.69, 9.17) is 0 Å². The fourth-order valence-electron chi connectivity index (χ4n) is 2.20. The molecule has 0 radical (unpaired) electrons. The molecule has 1 N–H and O–H groups in total. The van der Waals surface area contributed by atoms with Gasteiger partial charge in [-0.3, -0.25) is 0 Å². The Bertz CT molecular complexity index is 390. The summed E-state index contributed by atoms with van der Waals surface area (Å²) in [5.74, 6) is 0. The highest BCUT2D eigenvalue weighted by Crippen LogP contribution is 2.31. The Morgan fingerprint density at radius 2 is 1.89 bits per heavy atom. The van der Waals surface area contributed by atoms with Crippen LogP contribution in [0.4, 0.5) is 5.69 Å². The first-order valence-corrected chi connectivity index (χ1v) is 8.00. The van der Waals surface area contributed by atoms with Crippen molar-refractivity contribution in [3.05, 3.63) is 28.2 Å². The zero-order valence-electron chi connectivity index (χ0n) is 12.5. The molecule has 0 aliphatic rings. The summed E-state index contributed by atoms with van der Waals surface area (Å²) in [6, 6.07) is 6.62. The Kier molecular flexibility index (Phi) is 6.87. The van der Waals surface area contributed by atoms with E-state index in [1.807, 2.05) is 12.1 Å². The van der Waals surface area contributed by atoms with Crippen LogP contribution in [0.1, 0.15) is 58.6 Å². The first-order valence-electron chi connectivity index (χ1n) is 7.21. The maximum atomic E-state index is 9.63. The van der Waals surface area contributed by atoms with Crippen LogP contribution < -0.4 is 4.90 Å². The average molecular weight is 328 g/mol. The molecule has 0 fully saturated rings. The number of aliphatic hydroxyl groups is 1. The summed E-state index contributed by atoms with van der Waals surface area (Å²) >= 11 is 3.64. The Morgan fingerprint density at radius 3 is 2.37 bits per heavy atom. The largest absolute Gasteiger partial charge is 0.389 e. The first kappa shape index (κ1) is 16.5. The third kappa shape index (κ3) is 4.81. The minimum atomic E-state index is -0.419. The van der Waals surface area contributed by atoms with Gasteiger partial charge in [0.15, 0.2) is 0 Å². The standard InChI is InChI=1S/C16H26BrNO/c1-5-6-7-10-18(12(2)3)16-9-8-14(13(4)19)11-15(16)17/h8-9,11-13,19H,5-7,10H2,1-4H3. The van der Waals surface area contributed by atoms with Crippen molar-refractivity contribution in [1.29, 1.82) is 0 Å². The van der Waals surface area contributed by atoms with Crippen LogP contribution in [0.2, 0.25) is 0 Å². The Balaban J connectivity index is 2.90. The molecule has 1 atom stereocenters. The molecule has 1 rings (SSSR count). The molecular weight excluding hydrogens is 302 g/mol. The minimum absolute atomic E-state index is 0.419. The van der Waals surface area contributed by atoms with Gasteiger partial charge < -0.3 is 10.0 Å². The quantitative estimate of drug-likeness (QED) is 0.719. The molecule has 0 spiro atoms. The van der Waals surface area contributed by atoms with Gasteiger partial charge in [-0.1, -0.05) is 25.8 Å². The summed E-state index contributed by atoms with van der Waals surface area (Å²) in [6.45, 7) is 9.55. The van der Waals surface area contributed by atoms with E-state index in [0.717, 1.165) is 16.6 Å². The summed E-state index contributed by atoms with van der Waals surface area (Å²) in [5, 5.41) is 9.63. The van der Waals surface area contributed by atoms with Crippen molar-refractivity contribution in [2.24, 2.45) is 0 Å². The van der Waals surface area contributed by atoms with E-state index in [0.29, 0.717) is 6.04 Å². The van der Waals surface area contributed by atoms with E-state index in [9.17, 15) is 5.11 Å². The Morgan fingerprint density at radius 1 is 1.21 bits per heavy atom. The number of hydrogen-bond acceptors (Lipinski definition) is 2. The third-order valence-electron chi connectivity index (χ3n) is 3.39. The molecule has 0 saturated heterocycles. The number of unbranched alkanes of at least 4 members (excludes halogenated alkanes) is 2. The minimum Gasteiger partial charge on any atom is -0.389 e. The monoisotopic (exact) mass is 327 g/mol. The average Bonchev–Trinajstić information content (AvgIpc) is 2.35. The number of anilines is 1. The SMILES string of the molecule is CCCCCN(c1ccc(C(C)O)cc1Br)C(C)C. The Hall–Kier alpha value is -0.540. The van der Waals surface area contributed by atoms with Crippen LogP contribution in [0.5, 0.6) is 0 Å². The summed E-state index contributed by atoms with van der Waals surface area (Å²) in [4.78, 5) is 2.42. The molecule has 0 bridgehead atoms. The first-order chi connectivity index (χ1) is 8.97. The predicted octanol–water partition coefficient (Wildman–Crippen LogP) is 4.91. The van der Waals surface area contributed by atoms with E-state index >= 15 is 0 Å². The van der Waals surface area contributed by atoms with Crippen molar-refractivity contribution in [1.82, 2.24) is 0 Å². The fourth-order valence-corrected chi connectivity index (χ4v) is 2.83. The van der Waals surface area contributed by atoms with Gasteiger partial charge in [-0.05, 0) is 60.8 Å². The van der Waals surface area contributed by atoms with Crippen LogP contribution in [0, 0.1) is 0 Å². The molecule has 1 unspecified atom stereocenters. The molecule has 0 aromatic heterocycles. The number of rotatable bonds is 7. The van der Waals surface area contributed by atoms with E-state index in [1.54, 1.807) is 6.92 Å². The van der Waals surface area contributed by atoms with Gasteiger partial charge in [-0.2, -0.15) is 0 Å². The highest BCUT2D eigenvalue weighted by Gasteiger charge is 2.14. The lowest BCUT2D eigenvalue weighted by Gasteiger charge is -2.30. The second-order valence-corrected chi connectivity index (χ2v) is 6.24. The predicted molar refractivity (Wildman–Crippen MR) is 86.8 cm³/mol. The van der Waals surface area contributed by atoms with E-state index in [-0.39, 0.29) is 0 Å². The van der Waals surface area contributed by atoms with Crippen molar-refractivity contribution in [2.75, 3.05) is 11.4 Å². The van der Waals surface area contributed by atoms with Gasteiger partial charge in [0, 0.05) is 17.1 Å². The van der Waals surface area contributed by atoms with Crippen LogP contribution in [0.15, 0.2) is 22.7 Å². The normalized spacial score (nSPS) is 12.8. The molecule has 0 aliphatic carbocycles. The molecule has 1 aromatic rings. The number of nitrogens with zero attached hydrogens (tertiary/aromatic N) is 1. The maximum absolute atomic E-state index is 9.63. The van der Waals surface area contributed by atoms with Gasteiger partial charge in [-0.15, -0.1) is 0 Å². The van der Waals surface area contributed by atoms with Gasteiger partial charge in [0.1, 0.15) is 0 Å². The Labute approximate surface area is 126 Å². The number of aliphatic hydroxyl groups excluding tert-OH is 1. The van der Waals surface area contributed by atoms with Gasteiger partial charge in [0.05, 0.1) is 11.8 Å². The topological polar surface area (TPSA) is 23.5 Å². The van der Waals surface area contributed by atoms with Crippen molar-refractivity contribution in [3.8, 4) is 0 Å². The summed E-state index contributed by atoms with van der Waals surface area (Å²) < 4.78 is 1.07. The van der Waals surface area contributed by atoms with Crippen LogP contribution in [-0.2, 0) is 0 Å². The summed E-state index contributed by atoms with van der Waals surface area (Å²) in [7, 11) is 0. The molecule has 3 heteroatoms. The summed E-state index contributed by atoms with van der Waals surface area (Å²) in [6.07, 6.45) is 3.32. The van der Waals surface area contributed by atoms with Gasteiger partial charge in [0.2, 0.25) is 0 Å². The molecule has 2 nitrogen and oxygen atoms in total. The molecular formula is C16H26BrNO. The molecule has 0 amide bonds. The van der Waals surface area contributed by atoms with E-state index in [2.05, 4.69) is 47.7 Å². The fraction of sp³-hybridized carbons (Fsp3) is 0.625. The van der Waals surface area contributed by atoms with Gasteiger partial charge >= 0.3 is 0 Å². The molecule has 108 valence electrons. The zero-order chi connectivity index (χ0) is 14.4. The molecule has 19 heavy (non-hydrogen) atoms. The second kappa shape index (κ2) is 7.91. The van der Waals surface area contributed by atoms with Crippen molar-refractivity contribution >= 4 is 21.6 Å². The van der Waals surface area contributed by atoms with Gasteiger partial charge in [0.25, 0.3) is 0 Å². The number of halogens is 1. The van der Waals surface area contributed by atoms with Crippen molar-refractivity contribution in [3.63, 3.8) is 0 Å². The highest BCUT2D eigenvalue weighted by molar-refractivity contribution is 9.10. The highest BCUT2D eigenvalue weighted by atomic mass is 79.9. The van der Waals surface area contributed by atoms with Crippen LogP contribution in [0.25, 0.3) is 0 Å². The second-order valence-electron chi connectivity index (χ2n) is 5.38. The van der Waals surface area contributed by atoms with Crippen LogP contribution in [-0.4, -0.2) is 17.7 Å². The summed E-state index contributed by atoms with van der Waals surface area (Å²) in [5.41, 5.74) is 2.17. The van der Waals surface area contributed by atoms with Gasteiger partial charge in [-0.25, -0.2) is 0 Å². The molecule has 1 aromatic carbocycles. The molecule has 0 saturated carbocycles. The number of benzene rings is 1.